The number of imidazole rings is 1. The zero-order valence-corrected chi connectivity index (χ0v) is 17.8. The van der Waals surface area contributed by atoms with E-state index in [0.29, 0.717) is 13.0 Å². The van der Waals surface area contributed by atoms with Gasteiger partial charge in [0.2, 0.25) is 0 Å². The number of nitrogens with zero attached hydrogens (tertiary/aromatic N) is 4. The quantitative estimate of drug-likeness (QED) is 0.492. The van der Waals surface area contributed by atoms with Gasteiger partial charge in [0.25, 0.3) is 0 Å². The van der Waals surface area contributed by atoms with Crippen molar-refractivity contribution in [1.82, 2.24) is 19.5 Å². The van der Waals surface area contributed by atoms with E-state index in [1.807, 2.05) is 42.8 Å². The van der Waals surface area contributed by atoms with Gasteiger partial charge in [0.1, 0.15) is 5.52 Å². The third kappa shape index (κ3) is 4.15. The summed E-state index contributed by atoms with van der Waals surface area (Å²) >= 11 is 1.59. The van der Waals surface area contributed by atoms with Crippen LogP contribution in [0.25, 0.3) is 21.4 Å². The SMILES string of the molecule is C=C1/C=C\C=C/CC[C@@H](O)[C@@H]1Nc1nc2ccc(Cn3cnc4cccnc43)cc2s1. The first-order valence-corrected chi connectivity index (χ1v) is 11.1. The van der Waals surface area contributed by atoms with E-state index in [1.54, 1.807) is 17.5 Å². The van der Waals surface area contributed by atoms with Crippen molar-refractivity contribution in [3.8, 4) is 0 Å². The van der Waals surface area contributed by atoms with Gasteiger partial charge in [-0.1, -0.05) is 48.3 Å². The van der Waals surface area contributed by atoms with Crippen molar-refractivity contribution in [2.45, 2.75) is 31.5 Å². The fourth-order valence-electron chi connectivity index (χ4n) is 3.80. The third-order valence-corrected chi connectivity index (χ3v) is 6.38. The molecular formula is C24H23N5OS. The van der Waals surface area contributed by atoms with Crippen molar-refractivity contribution < 1.29 is 5.11 Å². The number of fused-ring (bicyclic) bond motifs is 2. The summed E-state index contributed by atoms with van der Waals surface area (Å²) < 4.78 is 3.15. The van der Waals surface area contributed by atoms with E-state index in [9.17, 15) is 5.11 Å². The molecule has 1 aliphatic rings. The molecule has 4 aromatic rings. The largest absolute Gasteiger partial charge is 0.391 e. The Bertz CT molecular complexity index is 1300. The monoisotopic (exact) mass is 429 g/mol. The Balaban J connectivity index is 1.38. The molecule has 0 unspecified atom stereocenters. The molecule has 3 aromatic heterocycles. The van der Waals surface area contributed by atoms with Crippen molar-refractivity contribution >= 4 is 37.8 Å². The molecular weight excluding hydrogens is 406 g/mol. The highest BCUT2D eigenvalue weighted by Crippen LogP contribution is 2.29. The van der Waals surface area contributed by atoms with Crippen LogP contribution in [0.4, 0.5) is 5.13 Å². The van der Waals surface area contributed by atoms with Crippen LogP contribution < -0.4 is 5.32 Å². The predicted octanol–water partition coefficient (Wildman–Crippen LogP) is 4.69. The summed E-state index contributed by atoms with van der Waals surface area (Å²) in [6, 6.07) is 9.88. The summed E-state index contributed by atoms with van der Waals surface area (Å²) in [6.07, 6.45) is 12.6. The molecule has 0 saturated carbocycles. The fraction of sp³-hybridized carbons (Fsp3) is 0.208. The Kier molecular flexibility index (Phi) is 5.36. The number of aliphatic hydroxyl groups is 1. The van der Waals surface area contributed by atoms with Crippen LogP contribution >= 0.6 is 11.3 Å². The van der Waals surface area contributed by atoms with Gasteiger partial charge in [-0.25, -0.2) is 15.0 Å². The van der Waals surface area contributed by atoms with Crippen molar-refractivity contribution in [1.29, 1.82) is 0 Å². The van der Waals surface area contributed by atoms with Gasteiger partial charge in [-0.05, 0) is 48.2 Å². The van der Waals surface area contributed by atoms with Crippen LogP contribution in [0.1, 0.15) is 18.4 Å². The number of pyridine rings is 1. The molecule has 1 aliphatic carbocycles. The maximum Gasteiger partial charge on any atom is 0.184 e. The minimum Gasteiger partial charge on any atom is -0.391 e. The minimum absolute atomic E-state index is 0.264. The van der Waals surface area contributed by atoms with Crippen LogP contribution in [0, 0.1) is 0 Å². The highest BCUT2D eigenvalue weighted by atomic mass is 32.1. The molecule has 0 spiro atoms. The van der Waals surface area contributed by atoms with Gasteiger partial charge in [0.15, 0.2) is 10.8 Å². The molecule has 2 atom stereocenters. The molecule has 0 amide bonds. The number of nitrogens with one attached hydrogen (secondary N) is 1. The maximum atomic E-state index is 10.7. The van der Waals surface area contributed by atoms with Gasteiger partial charge in [-0.15, -0.1) is 0 Å². The first kappa shape index (κ1) is 19.7. The normalized spacial score (nSPS) is 21.5. The molecule has 156 valence electrons. The summed E-state index contributed by atoms with van der Waals surface area (Å²) in [7, 11) is 0. The Labute approximate surface area is 184 Å². The number of benzene rings is 1. The van der Waals surface area contributed by atoms with Gasteiger partial charge in [-0.2, -0.15) is 0 Å². The average Bonchev–Trinajstić information content (AvgIpc) is 3.38. The van der Waals surface area contributed by atoms with Crippen molar-refractivity contribution in [3.05, 3.63) is 84.9 Å². The topological polar surface area (TPSA) is 75.9 Å². The molecule has 2 N–H and O–H groups in total. The lowest BCUT2D eigenvalue weighted by atomic mass is 10.00. The van der Waals surface area contributed by atoms with E-state index in [0.717, 1.165) is 44.1 Å². The van der Waals surface area contributed by atoms with Crippen molar-refractivity contribution in [3.63, 3.8) is 0 Å². The van der Waals surface area contributed by atoms with Crippen LogP contribution in [-0.2, 0) is 6.54 Å². The number of rotatable bonds is 4. The summed E-state index contributed by atoms with van der Waals surface area (Å²) in [5, 5.41) is 14.8. The van der Waals surface area contributed by atoms with Gasteiger partial charge in [0.05, 0.1) is 35.2 Å². The summed E-state index contributed by atoms with van der Waals surface area (Å²) in [5.41, 5.74) is 4.72. The number of hydrogen-bond acceptors (Lipinski definition) is 6. The van der Waals surface area contributed by atoms with E-state index in [1.165, 1.54) is 0 Å². The van der Waals surface area contributed by atoms with Crippen LogP contribution in [0.5, 0.6) is 0 Å². The van der Waals surface area contributed by atoms with Crippen molar-refractivity contribution in [2.24, 2.45) is 0 Å². The molecule has 5 rings (SSSR count). The second kappa shape index (κ2) is 8.45. The second-order valence-corrected chi connectivity index (χ2v) is 8.70. The van der Waals surface area contributed by atoms with E-state index < -0.39 is 6.10 Å². The van der Waals surface area contributed by atoms with Gasteiger partial charge >= 0.3 is 0 Å². The molecule has 0 saturated heterocycles. The minimum atomic E-state index is -0.524. The molecule has 0 aliphatic heterocycles. The molecule has 31 heavy (non-hydrogen) atoms. The van der Waals surface area contributed by atoms with Gasteiger partial charge < -0.3 is 15.0 Å². The first-order chi connectivity index (χ1) is 15.2. The number of aromatic nitrogens is 4. The summed E-state index contributed by atoms with van der Waals surface area (Å²) in [5.74, 6) is 0. The fourth-order valence-corrected chi connectivity index (χ4v) is 4.77. The van der Waals surface area contributed by atoms with Crippen LogP contribution in [0.3, 0.4) is 0 Å². The van der Waals surface area contributed by atoms with Crippen LogP contribution in [-0.4, -0.2) is 36.8 Å². The van der Waals surface area contributed by atoms with E-state index in [2.05, 4.69) is 44.6 Å². The Hall–Kier alpha value is -3.29. The first-order valence-electron chi connectivity index (χ1n) is 10.3. The molecule has 6 nitrogen and oxygen atoms in total. The number of allylic oxidation sites excluding steroid dienone is 3. The lowest BCUT2D eigenvalue weighted by molar-refractivity contribution is 0.156. The molecule has 3 heterocycles. The van der Waals surface area contributed by atoms with E-state index in [-0.39, 0.29) is 6.04 Å². The molecule has 0 radical (unpaired) electrons. The number of anilines is 1. The average molecular weight is 430 g/mol. The molecule has 0 fully saturated rings. The zero-order chi connectivity index (χ0) is 21.2. The van der Waals surface area contributed by atoms with E-state index in [4.69, 9.17) is 4.98 Å². The van der Waals surface area contributed by atoms with Gasteiger partial charge in [-0.3, -0.25) is 0 Å². The molecule has 0 bridgehead atoms. The smallest absolute Gasteiger partial charge is 0.184 e. The highest BCUT2D eigenvalue weighted by molar-refractivity contribution is 7.22. The van der Waals surface area contributed by atoms with Crippen LogP contribution in [0.2, 0.25) is 0 Å². The standard InChI is InChI=1S/C24H23N5OS/c1-16-7-4-2-3-5-9-20(30)22(16)28-24-27-18-11-10-17(13-21(18)31-24)14-29-15-26-19-8-6-12-25-23(19)29/h2-4,6-8,10-13,15,20,22,30H,1,5,9,14H2,(H,27,28)/b3-2-,7-4-/t20-,22-/m1/s1. The predicted molar refractivity (Wildman–Crippen MR) is 126 cm³/mol. The number of hydrogen-bond donors (Lipinski definition) is 2. The third-order valence-electron chi connectivity index (χ3n) is 5.43. The van der Waals surface area contributed by atoms with Crippen LogP contribution in [0.15, 0.2) is 79.3 Å². The summed E-state index contributed by atoms with van der Waals surface area (Å²) in [4.78, 5) is 13.6. The van der Waals surface area contributed by atoms with Crippen molar-refractivity contribution in [2.75, 3.05) is 5.32 Å². The lowest BCUT2D eigenvalue weighted by Crippen LogP contribution is -2.34. The van der Waals surface area contributed by atoms with E-state index >= 15 is 0 Å². The van der Waals surface area contributed by atoms with Gasteiger partial charge in [0, 0.05) is 6.20 Å². The Morgan fingerprint density at radius 2 is 2.13 bits per heavy atom. The Morgan fingerprint density at radius 3 is 3.06 bits per heavy atom. The second-order valence-electron chi connectivity index (χ2n) is 7.67. The maximum absolute atomic E-state index is 10.7. The summed E-state index contributed by atoms with van der Waals surface area (Å²) in [6.45, 7) is 4.83. The zero-order valence-electron chi connectivity index (χ0n) is 17.0. The number of aliphatic hydroxyl groups excluding tert-OH is 1. The highest BCUT2D eigenvalue weighted by Gasteiger charge is 2.22. The Morgan fingerprint density at radius 1 is 1.19 bits per heavy atom. The molecule has 1 aromatic carbocycles. The molecule has 7 heteroatoms. The number of thiazole rings is 1. The lowest BCUT2D eigenvalue weighted by Gasteiger charge is -2.24.